The quantitative estimate of drug-likeness (QED) is 0.801. The minimum absolute atomic E-state index is 0.751. The highest BCUT2D eigenvalue weighted by Gasteiger charge is 2.09. The number of hydrogen-bond acceptors (Lipinski definition) is 2. The van der Waals surface area contributed by atoms with Gasteiger partial charge in [0, 0.05) is 19.6 Å². The molecule has 2 heteroatoms. The van der Waals surface area contributed by atoms with Gasteiger partial charge in [0.05, 0.1) is 0 Å². The van der Waals surface area contributed by atoms with Gasteiger partial charge in [0.2, 0.25) is 0 Å². The van der Waals surface area contributed by atoms with Crippen LogP contribution in [0.4, 0.5) is 0 Å². The maximum absolute atomic E-state index is 5.69. The molecular formula is C19H26N2. The van der Waals surface area contributed by atoms with Crippen molar-refractivity contribution in [2.24, 2.45) is 5.73 Å². The Morgan fingerprint density at radius 1 is 0.857 bits per heavy atom. The maximum Gasteiger partial charge on any atom is 0.0240 e. The molecule has 0 radical (unpaired) electrons. The average molecular weight is 282 g/mol. The highest BCUT2D eigenvalue weighted by atomic mass is 15.1. The van der Waals surface area contributed by atoms with Gasteiger partial charge in [-0.05, 0) is 36.1 Å². The van der Waals surface area contributed by atoms with E-state index in [0.29, 0.717) is 0 Å². The Balaban J connectivity index is 2.08. The molecule has 0 fully saturated rings. The fourth-order valence-electron chi connectivity index (χ4n) is 2.67. The molecule has 0 amide bonds. The highest BCUT2D eigenvalue weighted by Crippen LogP contribution is 2.15. The summed E-state index contributed by atoms with van der Waals surface area (Å²) in [5.41, 5.74) is 9.94. The van der Waals surface area contributed by atoms with Gasteiger partial charge in [-0.1, -0.05) is 61.5 Å². The summed E-state index contributed by atoms with van der Waals surface area (Å²) in [6.45, 7) is 6.00. The summed E-state index contributed by atoms with van der Waals surface area (Å²) >= 11 is 0. The monoisotopic (exact) mass is 282 g/mol. The van der Waals surface area contributed by atoms with Crippen LogP contribution in [-0.2, 0) is 19.5 Å². The summed E-state index contributed by atoms with van der Waals surface area (Å²) < 4.78 is 0. The first-order valence-corrected chi connectivity index (χ1v) is 7.86. The third kappa shape index (κ3) is 5.00. The van der Waals surface area contributed by atoms with Crippen LogP contribution in [0, 0.1) is 0 Å². The summed E-state index contributed by atoms with van der Waals surface area (Å²) in [4.78, 5) is 2.50. The third-order valence-corrected chi connectivity index (χ3v) is 3.82. The van der Waals surface area contributed by atoms with Gasteiger partial charge in [0.1, 0.15) is 0 Å². The van der Waals surface area contributed by atoms with Gasteiger partial charge < -0.3 is 5.73 Å². The van der Waals surface area contributed by atoms with Gasteiger partial charge >= 0.3 is 0 Å². The molecule has 112 valence electrons. The first-order chi connectivity index (χ1) is 10.3. The lowest BCUT2D eigenvalue weighted by Gasteiger charge is -2.23. The van der Waals surface area contributed by atoms with Crippen LogP contribution in [0.3, 0.4) is 0 Å². The summed E-state index contributed by atoms with van der Waals surface area (Å²) in [6, 6.07) is 19.4. The van der Waals surface area contributed by atoms with Crippen molar-refractivity contribution in [1.82, 2.24) is 4.90 Å². The Morgan fingerprint density at radius 2 is 1.52 bits per heavy atom. The zero-order chi connectivity index (χ0) is 14.9. The van der Waals surface area contributed by atoms with E-state index in [-0.39, 0.29) is 0 Å². The van der Waals surface area contributed by atoms with Gasteiger partial charge in [-0.25, -0.2) is 0 Å². The zero-order valence-corrected chi connectivity index (χ0v) is 13.0. The van der Waals surface area contributed by atoms with Gasteiger partial charge in [-0.15, -0.1) is 0 Å². The van der Waals surface area contributed by atoms with Crippen LogP contribution < -0.4 is 5.73 Å². The average Bonchev–Trinajstić information content (AvgIpc) is 2.54. The molecule has 2 N–H and O–H groups in total. The van der Waals surface area contributed by atoms with E-state index in [1.165, 1.54) is 16.7 Å². The van der Waals surface area contributed by atoms with E-state index in [4.69, 9.17) is 5.73 Å². The molecule has 2 rings (SSSR count). The largest absolute Gasteiger partial charge is 0.330 e. The number of aryl methyl sites for hydroxylation is 1. The van der Waals surface area contributed by atoms with E-state index >= 15 is 0 Å². The van der Waals surface area contributed by atoms with Crippen molar-refractivity contribution < 1.29 is 0 Å². The Kier molecular flexibility index (Phi) is 6.45. The van der Waals surface area contributed by atoms with Gasteiger partial charge in [-0.3, -0.25) is 4.90 Å². The molecule has 0 aliphatic carbocycles. The van der Waals surface area contributed by atoms with E-state index in [1.807, 2.05) is 0 Å². The minimum Gasteiger partial charge on any atom is -0.330 e. The molecule has 2 aromatic carbocycles. The molecule has 21 heavy (non-hydrogen) atoms. The van der Waals surface area contributed by atoms with Crippen LogP contribution in [-0.4, -0.2) is 18.0 Å². The normalized spacial score (nSPS) is 11.0. The Labute approximate surface area is 128 Å². The SMILES string of the molecule is CCc1ccccc1CN(CCCN)Cc1ccccc1. The lowest BCUT2D eigenvalue weighted by molar-refractivity contribution is 0.254. The molecule has 0 saturated carbocycles. The predicted octanol–water partition coefficient (Wildman–Crippen LogP) is 3.60. The molecule has 2 nitrogen and oxygen atoms in total. The number of nitrogens with zero attached hydrogens (tertiary/aromatic N) is 1. The smallest absolute Gasteiger partial charge is 0.0240 e. The second-order valence-corrected chi connectivity index (χ2v) is 5.46. The Morgan fingerprint density at radius 3 is 2.19 bits per heavy atom. The molecule has 0 atom stereocenters. The van der Waals surface area contributed by atoms with E-state index in [9.17, 15) is 0 Å². The van der Waals surface area contributed by atoms with E-state index in [2.05, 4.69) is 66.4 Å². The molecule has 0 spiro atoms. The van der Waals surface area contributed by atoms with Crippen LogP contribution in [0.15, 0.2) is 54.6 Å². The van der Waals surface area contributed by atoms with E-state index in [1.54, 1.807) is 0 Å². The number of benzene rings is 2. The first-order valence-electron chi connectivity index (χ1n) is 7.86. The second kappa shape index (κ2) is 8.60. The topological polar surface area (TPSA) is 29.3 Å². The maximum atomic E-state index is 5.69. The highest BCUT2D eigenvalue weighted by molar-refractivity contribution is 5.27. The van der Waals surface area contributed by atoms with Crippen LogP contribution in [0.25, 0.3) is 0 Å². The molecule has 0 unspecified atom stereocenters. The van der Waals surface area contributed by atoms with Crippen molar-refractivity contribution >= 4 is 0 Å². The van der Waals surface area contributed by atoms with Crippen LogP contribution in [0.5, 0.6) is 0 Å². The Bertz CT molecular complexity index is 522. The van der Waals surface area contributed by atoms with Crippen LogP contribution in [0.1, 0.15) is 30.0 Å². The lowest BCUT2D eigenvalue weighted by atomic mass is 10.0. The predicted molar refractivity (Wildman–Crippen MR) is 90.0 cm³/mol. The van der Waals surface area contributed by atoms with Crippen molar-refractivity contribution in [3.8, 4) is 0 Å². The fourth-order valence-corrected chi connectivity index (χ4v) is 2.67. The van der Waals surface area contributed by atoms with Crippen molar-refractivity contribution in [3.63, 3.8) is 0 Å². The zero-order valence-electron chi connectivity index (χ0n) is 13.0. The third-order valence-electron chi connectivity index (χ3n) is 3.82. The van der Waals surface area contributed by atoms with Crippen molar-refractivity contribution in [3.05, 3.63) is 71.3 Å². The summed E-state index contributed by atoms with van der Waals surface area (Å²) in [7, 11) is 0. The number of hydrogen-bond donors (Lipinski definition) is 1. The molecular weight excluding hydrogens is 256 g/mol. The summed E-state index contributed by atoms with van der Waals surface area (Å²) in [6.07, 6.45) is 2.13. The van der Waals surface area contributed by atoms with Crippen molar-refractivity contribution in [2.75, 3.05) is 13.1 Å². The number of nitrogens with two attached hydrogens (primary N) is 1. The standard InChI is InChI=1S/C19H26N2/c1-2-18-11-6-7-12-19(18)16-21(14-8-13-20)15-17-9-4-3-5-10-17/h3-7,9-12H,2,8,13-16,20H2,1H3. The molecule has 0 saturated heterocycles. The lowest BCUT2D eigenvalue weighted by Crippen LogP contribution is -2.26. The van der Waals surface area contributed by atoms with Crippen LogP contribution >= 0.6 is 0 Å². The summed E-state index contributed by atoms with van der Waals surface area (Å²) in [5, 5.41) is 0. The summed E-state index contributed by atoms with van der Waals surface area (Å²) in [5.74, 6) is 0. The first kappa shape index (κ1) is 15.7. The molecule has 0 heterocycles. The number of rotatable bonds is 8. The molecule has 0 aliphatic rings. The van der Waals surface area contributed by atoms with Crippen molar-refractivity contribution in [1.29, 1.82) is 0 Å². The Hall–Kier alpha value is -1.64. The van der Waals surface area contributed by atoms with Crippen LogP contribution in [0.2, 0.25) is 0 Å². The molecule has 0 bridgehead atoms. The molecule has 0 aromatic heterocycles. The van der Waals surface area contributed by atoms with Gasteiger partial charge in [0.25, 0.3) is 0 Å². The van der Waals surface area contributed by atoms with Gasteiger partial charge in [-0.2, -0.15) is 0 Å². The van der Waals surface area contributed by atoms with Gasteiger partial charge in [0.15, 0.2) is 0 Å². The van der Waals surface area contributed by atoms with E-state index in [0.717, 1.165) is 39.0 Å². The second-order valence-electron chi connectivity index (χ2n) is 5.46. The fraction of sp³-hybridized carbons (Fsp3) is 0.368. The molecule has 2 aromatic rings. The van der Waals surface area contributed by atoms with E-state index < -0.39 is 0 Å². The molecule has 0 aliphatic heterocycles. The van der Waals surface area contributed by atoms with Crippen molar-refractivity contribution in [2.45, 2.75) is 32.9 Å². The minimum atomic E-state index is 0.751.